The molecule has 0 saturated carbocycles. The lowest BCUT2D eigenvalue weighted by molar-refractivity contribution is -0.143. The van der Waals surface area contributed by atoms with Crippen LogP contribution in [0.4, 0.5) is 8.78 Å². The molecule has 2 aromatic rings. The zero-order chi connectivity index (χ0) is 21.1. The predicted molar refractivity (Wildman–Crippen MR) is 103 cm³/mol. The average molecular weight is 405 g/mol. The van der Waals surface area contributed by atoms with E-state index < -0.39 is 25.1 Å². The van der Waals surface area contributed by atoms with Gasteiger partial charge in [-0.05, 0) is 24.1 Å². The Labute approximate surface area is 167 Å². The fraction of sp³-hybridized carbons (Fsp3) is 0.238. The highest BCUT2D eigenvalue weighted by atomic mass is 19.3. The number of nitrogens with one attached hydrogen (secondary N) is 1. The number of halogens is 2. The van der Waals surface area contributed by atoms with E-state index in [9.17, 15) is 18.4 Å². The number of hydrogen-bond donors (Lipinski definition) is 1. The SMILES string of the molecule is COc1cccc(/C=C/C(=O)OCC(=O)NCCc2ccccc2)c1OC(F)F. The van der Waals surface area contributed by atoms with Gasteiger partial charge in [0.25, 0.3) is 5.91 Å². The maximum absolute atomic E-state index is 12.6. The van der Waals surface area contributed by atoms with E-state index in [0.29, 0.717) is 13.0 Å². The molecule has 0 saturated heterocycles. The van der Waals surface area contributed by atoms with Crippen molar-refractivity contribution >= 4 is 18.0 Å². The molecule has 1 N–H and O–H groups in total. The fourth-order valence-corrected chi connectivity index (χ4v) is 2.42. The minimum absolute atomic E-state index is 0.0959. The van der Waals surface area contributed by atoms with Crippen molar-refractivity contribution < 1.29 is 32.6 Å². The molecule has 0 atom stereocenters. The molecule has 0 aliphatic heterocycles. The van der Waals surface area contributed by atoms with Gasteiger partial charge in [0.1, 0.15) is 0 Å². The molecular weight excluding hydrogens is 384 g/mol. The van der Waals surface area contributed by atoms with Crippen molar-refractivity contribution in [2.45, 2.75) is 13.0 Å². The van der Waals surface area contributed by atoms with E-state index in [1.54, 1.807) is 6.07 Å². The van der Waals surface area contributed by atoms with Crippen molar-refractivity contribution in [2.75, 3.05) is 20.3 Å². The van der Waals surface area contributed by atoms with E-state index in [1.165, 1.54) is 25.3 Å². The Balaban J connectivity index is 1.82. The summed E-state index contributed by atoms with van der Waals surface area (Å²) < 4.78 is 39.5. The van der Waals surface area contributed by atoms with Crippen LogP contribution in [-0.4, -0.2) is 38.7 Å². The average Bonchev–Trinajstić information content (AvgIpc) is 2.71. The minimum Gasteiger partial charge on any atom is -0.493 e. The number of para-hydroxylation sites is 1. The van der Waals surface area contributed by atoms with Gasteiger partial charge >= 0.3 is 12.6 Å². The molecule has 8 heteroatoms. The van der Waals surface area contributed by atoms with Crippen LogP contribution in [0.2, 0.25) is 0 Å². The van der Waals surface area contributed by atoms with Gasteiger partial charge in [0.05, 0.1) is 7.11 Å². The third-order valence-electron chi connectivity index (χ3n) is 3.76. The van der Waals surface area contributed by atoms with Gasteiger partial charge in [-0.1, -0.05) is 42.5 Å². The molecule has 6 nitrogen and oxygen atoms in total. The molecule has 0 aliphatic carbocycles. The lowest BCUT2D eigenvalue weighted by atomic mass is 10.1. The van der Waals surface area contributed by atoms with Gasteiger partial charge in [0.15, 0.2) is 18.1 Å². The second-order valence-electron chi connectivity index (χ2n) is 5.78. The third-order valence-corrected chi connectivity index (χ3v) is 3.76. The summed E-state index contributed by atoms with van der Waals surface area (Å²) in [5.41, 5.74) is 1.28. The maximum Gasteiger partial charge on any atom is 0.387 e. The summed E-state index contributed by atoms with van der Waals surface area (Å²) in [5.74, 6) is -1.34. The van der Waals surface area contributed by atoms with Crippen molar-refractivity contribution in [2.24, 2.45) is 0 Å². The highest BCUT2D eigenvalue weighted by molar-refractivity contribution is 5.89. The normalized spacial score (nSPS) is 10.8. The number of amides is 1. The molecule has 0 aromatic heterocycles. The number of esters is 1. The maximum atomic E-state index is 12.6. The summed E-state index contributed by atoms with van der Waals surface area (Å²) in [6, 6.07) is 14.1. The van der Waals surface area contributed by atoms with Crippen molar-refractivity contribution in [3.63, 3.8) is 0 Å². The smallest absolute Gasteiger partial charge is 0.387 e. The molecular formula is C21H21F2NO5. The summed E-state index contributed by atoms with van der Waals surface area (Å²) >= 11 is 0. The standard InChI is InChI=1S/C21H21F2NO5/c1-27-17-9-5-8-16(20(17)29-21(22)23)10-11-19(26)28-14-18(25)24-13-12-15-6-3-2-4-7-15/h2-11,21H,12-14H2,1H3,(H,24,25)/b11-10+. The lowest BCUT2D eigenvalue weighted by Crippen LogP contribution is -2.30. The van der Waals surface area contributed by atoms with E-state index in [0.717, 1.165) is 11.6 Å². The number of ether oxygens (including phenoxy) is 3. The number of alkyl halides is 2. The molecule has 0 aliphatic rings. The first-order chi connectivity index (χ1) is 14.0. The van der Waals surface area contributed by atoms with Gasteiger partial charge in [-0.3, -0.25) is 4.79 Å². The van der Waals surface area contributed by atoms with E-state index in [1.807, 2.05) is 30.3 Å². The van der Waals surface area contributed by atoms with Crippen molar-refractivity contribution in [1.29, 1.82) is 0 Å². The van der Waals surface area contributed by atoms with Crippen molar-refractivity contribution in [3.05, 3.63) is 65.7 Å². The molecule has 0 radical (unpaired) electrons. The zero-order valence-corrected chi connectivity index (χ0v) is 15.8. The summed E-state index contributed by atoms with van der Waals surface area (Å²) in [7, 11) is 1.31. The summed E-state index contributed by atoms with van der Waals surface area (Å²) in [6.45, 7) is -3.09. The molecule has 0 bridgehead atoms. The van der Waals surface area contributed by atoms with Crippen LogP contribution in [-0.2, 0) is 20.7 Å². The molecule has 0 heterocycles. The van der Waals surface area contributed by atoms with Gasteiger partial charge in [0.2, 0.25) is 0 Å². The van der Waals surface area contributed by atoms with Gasteiger partial charge in [-0.2, -0.15) is 8.78 Å². The van der Waals surface area contributed by atoms with Crippen LogP contribution in [0.5, 0.6) is 11.5 Å². The Morgan fingerprint density at radius 3 is 2.55 bits per heavy atom. The Kier molecular flexibility index (Phi) is 8.62. The topological polar surface area (TPSA) is 73.9 Å². The number of benzene rings is 2. The molecule has 0 fully saturated rings. The molecule has 154 valence electrons. The van der Waals surface area contributed by atoms with Crippen LogP contribution in [0.1, 0.15) is 11.1 Å². The number of hydrogen-bond acceptors (Lipinski definition) is 5. The number of carbonyl (C=O) groups is 2. The second kappa shape index (κ2) is 11.4. The van der Waals surface area contributed by atoms with Gasteiger partial charge < -0.3 is 19.5 Å². The largest absolute Gasteiger partial charge is 0.493 e. The van der Waals surface area contributed by atoms with Gasteiger partial charge in [-0.25, -0.2) is 4.79 Å². The van der Waals surface area contributed by atoms with Crippen LogP contribution in [0.15, 0.2) is 54.6 Å². The van der Waals surface area contributed by atoms with E-state index in [4.69, 9.17) is 9.47 Å². The number of methoxy groups -OCH3 is 1. The first-order valence-electron chi connectivity index (χ1n) is 8.77. The second-order valence-corrected chi connectivity index (χ2v) is 5.78. The monoisotopic (exact) mass is 405 g/mol. The van der Waals surface area contributed by atoms with E-state index in [-0.39, 0.29) is 17.1 Å². The summed E-state index contributed by atoms with van der Waals surface area (Å²) in [4.78, 5) is 23.5. The Bertz CT molecular complexity index is 840. The van der Waals surface area contributed by atoms with Crippen LogP contribution >= 0.6 is 0 Å². The van der Waals surface area contributed by atoms with Crippen LogP contribution < -0.4 is 14.8 Å². The van der Waals surface area contributed by atoms with Gasteiger partial charge in [0, 0.05) is 18.2 Å². The molecule has 0 spiro atoms. The number of carbonyl (C=O) groups excluding carboxylic acids is 2. The Morgan fingerprint density at radius 1 is 1.10 bits per heavy atom. The Hall–Kier alpha value is -3.42. The first-order valence-corrected chi connectivity index (χ1v) is 8.77. The van der Waals surface area contributed by atoms with E-state index >= 15 is 0 Å². The zero-order valence-electron chi connectivity index (χ0n) is 15.8. The number of rotatable bonds is 10. The summed E-state index contributed by atoms with van der Waals surface area (Å²) in [6.07, 6.45) is 2.92. The molecule has 2 aromatic carbocycles. The fourth-order valence-electron chi connectivity index (χ4n) is 2.42. The highest BCUT2D eigenvalue weighted by Gasteiger charge is 2.14. The van der Waals surface area contributed by atoms with Gasteiger partial charge in [-0.15, -0.1) is 0 Å². The quantitative estimate of drug-likeness (QED) is 0.485. The molecule has 2 rings (SSSR count). The van der Waals surface area contributed by atoms with Crippen molar-refractivity contribution in [3.8, 4) is 11.5 Å². The minimum atomic E-state index is -3.05. The summed E-state index contributed by atoms with van der Waals surface area (Å²) in [5, 5.41) is 2.65. The predicted octanol–water partition coefficient (Wildman–Crippen LogP) is 3.21. The lowest BCUT2D eigenvalue weighted by Gasteiger charge is -2.12. The Morgan fingerprint density at radius 2 is 1.86 bits per heavy atom. The molecule has 1 amide bonds. The molecule has 29 heavy (non-hydrogen) atoms. The highest BCUT2D eigenvalue weighted by Crippen LogP contribution is 2.33. The molecule has 0 unspecified atom stereocenters. The van der Waals surface area contributed by atoms with Crippen LogP contribution in [0.3, 0.4) is 0 Å². The third kappa shape index (κ3) is 7.61. The van der Waals surface area contributed by atoms with Crippen LogP contribution in [0.25, 0.3) is 6.08 Å². The first kappa shape index (κ1) is 21.9. The van der Waals surface area contributed by atoms with E-state index in [2.05, 4.69) is 10.1 Å². The van der Waals surface area contributed by atoms with Crippen LogP contribution in [0, 0.1) is 0 Å². The van der Waals surface area contributed by atoms with Crippen molar-refractivity contribution in [1.82, 2.24) is 5.32 Å².